The van der Waals surface area contributed by atoms with Crippen LogP contribution in [0.3, 0.4) is 0 Å². The average Bonchev–Trinajstić information content (AvgIpc) is 3.70. The normalized spacial score (nSPS) is 16.5. The van der Waals surface area contributed by atoms with Gasteiger partial charge < -0.3 is 15.4 Å². The Labute approximate surface area is 225 Å². The summed E-state index contributed by atoms with van der Waals surface area (Å²) >= 11 is 0. The number of aromatic nitrogens is 4. The van der Waals surface area contributed by atoms with E-state index in [9.17, 15) is 0 Å². The number of rotatable bonds is 9. The standard InChI is InChI=1S/C31H38N6O/c1-21(2)20-38-25-16-14-22(15-17-25)30-29(26-18-19-32-31(35-26)34-24-10-5-6-11-24)27-12-7-13-28(37(27)36-30)33-23-8-3-4-9-23/h7,12-19,21,23-24,33H,3-6,8-11,20H2,1-2H3,(H,32,34,35). The molecule has 0 aliphatic heterocycles. The number of pyridine rings is 1. The molecule has 0 atom stereocenters. The molecule has 0 bridgehead atoms. The van der Waals surface area contributed by atoms with Gasteiger partial charge in [0.25, 0.3) is 0 Å². The number of anilines is 2. The molecule has 7 nitrogen and oxygen atoms in total. The monoisotopic (exact) mass is 510 g/mol. The highest BCUT2D eigenvalue weighted by atomic mass is 16.5. The summed E-state index contributed by atoms with van der Waals surface area (Å²) in [5.74, 6) is 3.08. The second kappa shape index (κ2) is 11.0. The molecule has 6 rings (SSSR count). The predicted molar refractivity (Wildman–Crippen MR) is 154 cm³/mol. The maximum atomic E-state index is 5.94. The molecule has 3 heterocycles. The SMILES string of the molecule is CC(C)COc1ccc(-c2nn3c(NC4CCCC4)cccc3c2-c2ccnc(NC3CCCC3)n2)cc1. The van der Waals surface area contributed by atoms with Crippen molar-refractivity contribution in [3.63, 3.8) is 0 Å². The molecule has 0 amide bonds. The van der Waals surface area contributed by atoms with Crippen LogP contribution in [0.25, 0.3) is 28.0 Å². The van der Waals surface area contributed by atoms with Gasteiger partial charge in [0.1, 0.15) is 17.3 Å². The first-order valence-electron chi connectivity index (χ1n) is 14.3. The number of nitrogens with zero attached hydrogens (tertiary/aromatic N) is 4. The highest BCUT2D eigenvalue weighted by molar-refractivity contribution is 5.91. The number of hydrogen-bond donors (Lipinski definition) is 2. The summed E-state index contributed by atoms with van der Waals surface area (Å²) in [6.45, 7) is 5.02. The largest absolute Gasteiger partial charge is 0.493 e. The molecule has 198 valence electrons. The molecular weight excluding hydrogens is 472 g/mol. The third-order valence-electron chi connectivity index (χ3n) is 7.68. The fourth-order valence-corrected chi connectivity index (χ4v) is 5.70. The van der Waals surface area contributed by atoms with Gasteiger partial charge in [-0.1, -0.05) is 45.6 Å². The van der Waals surface area contributed by atoms with Gasteiger partial charge in [0.15, 0.2) is 0 Å². The maximum absolute atomic E-state index is 5.94. The first kappa shape index (κ1) is 24.7. The third kappa shape index (κ3) is 5.33. The number of fused-ring (bicyclic) bond motifs is 1. The Morgan fingerprint density at radius 3 is 2.32 bits per heavy atom. The molecule has 38 heavy (non-hydrogen) atoms. The van der Waals surface area contributed by atoms with Gasteiger partial charge in [0, 0.05) is 23.8 Å². The van der Waals surface area contributed by atoms with Gasteiger partial charge in [0.2, 0.25) is 5.95 Å². The van der Waals surface area contributed by atoms with E-state index in [0.29, 0.717) is 30.6 Å². The van der Waals surface area contributed by atoms with Gasteiger partial charge in [-0.05, 0) is 74.1 Å². The zero-order chi connectivity index (χ0) is 25.9. The fraction of sp³-hybridized carbons (Fsp3) is 0.452. The van der Waals surface area contributed by atoms with Gasteiger partial charge in [-0.25, -0.2) is 14.5 Å². The lowest BCUT2D eigenvalue weighted by atomic mass is 10.0. The number of nitrogens with one attached hydrogen (secondary N) is 2. The Kier molecular flexibility index (Phi) is 7.16. The number of ether oxygens (including phenoxy) is 1. The van der Waals surface area contributed by atoms with Gasteiger partial charge in [0.05, 0.1) is 23.4 Å². The van der Waals surface area contributed by atoms with Crippen molar-refractivity contribution in [2.24, 2.45) is 5.92 Å². The molecule has 3 aromatic heterocycles. The van der Waals surface area contributed by atoms with Crippen LogP contribution in [-0.2, 0) is 0 Å². The van der Waals surface area contributed by atoms with Crippen LogP contribution in [0.5, 0.6) is 5.75 Å². The molecule has 7 heteroatoms. The van der Waals surface area contributed by atoms with Crippen molar-refractivity contribution in [1.82, 2.24) is 19.6 Å². The lowest BCUT2D eigenvalue weighted by Crippen LogP contribution is -2.17. The first-order chi connectivity index (χ1) is 18.6. The van der Waals surface area contributed by atoms with E-state index in [2.05, 4.69) is 64.3 Å². The van der Waals surface area contributed by atoms with Crippen LogP contribution in [-0.4, -0.2) is 38.3 Å². The fourth-order valence-electron chi connectivity index (χ4n) is 5.70. The summed E-state index contributed by atoms with van der Waals surface area (Å²) < 4.78 is 7.99. The van der Waals surface area contributed by atoms with Crippen molar-refractivity contribution in [2.75, 3.05) is 17.2 Å². The van der Waals surface area contributed by atoms with Crippen molar-refractivity contribution in [2.45, 2.75) is 77.3 Å². The van der Waals surface area contributed by atoms with Crippen LogP contribution in [0.2, 0.25) is 0 Å². The van der Waals surface area contributed by atoms with E-state index in [1.165, 1.54) is 51.4 Å². The Bertz CT molecular complexity index is 1370. The minimum absolute atomic E-state index is 0.453. The first-order valence-corrected chi connectivity index (χ1v) is 14.3. The smallest absolute Gasteiger partial charge is 0.223 e. The Morgan fingerprint density at radius 1 is 0.895 bits per heavy atom. The topological polar surface area (TPSA) is 76.4 Å². The molecule has 0 radical (unpaired) electrons. The second-order valence-corrected chi connectivity index (χ2v) is 11.2. The zero-order valence-electron chi connectivity index (χ0n) is 22.5. The van der Waals surface area contributed by atoms with E-state index in [1.807, 2.05) is 24.4 Å². The molecule has 2 N–H and O–H groups in total. The van der Waals surface area contributed by atoms with Crippen LogP contribution < -0.4 is 15.4 Å². The van der Waals surface area contributed by atoms with Crippen molar-refractivity contribution >= 4 is 17.3 Å². The van der Waals surface area contributed by atoms with Gasteiger partial charge in [-0.2, -0.15) is 5.10 Å². The zero-order valence-corrected chi connectivity index (χ0v) is 22.5. The van der Waals surface area contributed by atoms with Crippen molar-refractivity contribution in [3.05, 3.63) is 54.7 Å². The van der Waals surface area contributed by atoms with E-state index >= 15 is 0 Å². The second-order valence-electron chi connectivity index (χ2n) is 11.2. The van der Waals surface area contributed by atoms with Gasteiger partial charge in [-0.3, -0.25) is 0 Å². The lowest BCUT2D eigenvalue weighted by molar-refractivity contribution is 0.271. The highest BCUT2D eigenvalue weighted by Gasteiger charge is 2.22. The Morgan fingerprint density at radius 2 is 1.61 bits per heavy atom. The highest BCUT2D eigenvalue weighted by Crippen LogP contribution is 2.37. The van der Waals surface area contributed by atoms with Crippen molar-refractivity contribution in [3.8, 4) is 28.3 Å². The minimum Gasteiger partial charge on any atom is -0.493 e. The molecule has 2 aliphatic rings. The van der Waals surface area contributed by atoms with E-state index in [-0.39, 0.29) is 0 Å². The van der Waals surface area contributed by atoms with E-state index in [0.717, 1.165) is 39.6 Å². The minimum atomic E-state index is 0.453. The molecule has 0 spiro atoms. The van der Waals surface area contributed by atoms with Crippen LogP contribution in [0, 0.1) is 5.92 Å². The van der Waals surface area contributed by atoms with Gasteiger partial charge >= 0.3 is 0 Å². The third-order valence-corrected chi connectivity index (χ3v) is 7.68. The van der Waals surface area contributed by atoms with E-state index < -0.39 is 0 Å². The Hall–Kier alpha value is -3.61. The molecule has 2 fully saturated rings. The predicted octanol–water partition coefficient (Wildman–Crippen LogP) is 7.20. The summed E-state index contributed by atoms with van der Waals surface area (Å²) in [6, 6.07) is 17.6. The van der Waals surface area contributed by atoms with Crippen LogP contribution >= 0.6 is 0 Å². The molecule has 2 aliphatic carbocycles. The summed E-state index contributed by atoms with van der Waals surface area (Å²) in [6.07, 6.45) is 11.7. The Balaban J connectivity index is 1.42. The van der Waals surface area contributed by atoms with Crippen molar-refractivity contribution < 1.29 is 4.74 Å². The molecule has 4 aromatic rings. The summed E-state index contributed by atoms with van der Waals surface area (Å²) in [5, 5.41) is 12.5. The molecule has 1 aromatic carbocycles. The van der Waals surface area contributed by atoms with E-state index in [4.69, 9.17) is 14.8 Å². The van der Waals surface area contributed by atoms with Gasteiger partial charge in [-0.15, -0.1) is 0 Å². The maximum Gasteiger partial charge on any atom is 0.223 e. The van der Waals surface area contributed by atoms with Crippen LogP contribution in [0.15, 0.2) is 54.7 Å². The molecule has 0 saturated heterocycles. The molecule has 2 saturated carbocycles. The molecular formula is C31H38N6O. The van der Waals surface area contributed by atoms with Crippen molar-refractivity contribution in [1.29, 1.82) is 0 Å². The lowest BCUT2D eigenvalue weighted by Gasteiger charge is -2.14. The number of hydrogen-bond acceptors (Lipinski definition) is 6. The quantitative estimate of drug-likeness (QED) is 0.248. The van der Waals surface area contributed by atoms with Crippen LogP contribution in [0.1, 0.15) is 65.2 Å². The molecule has 0 unspecified atom stereocenters. The summed E-state index contributed by atoms with van der Waals surface area (Å²) in [4.78, 5) is 9.54. The average molecular weight is 511 g/mol. The summed E-state index contributed by atoms with van der Waals surface area (Å²) in [5.41, 5.74) is 4.88. The van der Waals surface area contributed by atoms with E-state index in [1.54, 1.807) is 0 Å². The number of benzene rings is 1. The van der Waals surface area contributed by atoms with Crippen LogP contribution in [0.4, 0.5) is 11.8 Å². The summed E-state index contributed by atoms with van der Waals surface area (Å²) in [7, 11) is 0.